The summed E-state index contributed by atoms with van der Waals surface area (Å²) in [6.07, 6.45) is 1.25. The van der Waals surface area contributed by atoms with Crippen LogP contribution < -0.4 is 0 Å². The molecule has 1 aromatic rings. The lowest BCUT2D eigenvalue weighted by Gasteiger charge is -1.80. The molecule has 0 aliphatic rings. The van der Waals surface area contributed by atoms with Crippen molar-refractivity contribution >= 4 is 17.6 Å². The van der Waals surface area contributed by atoms with Crippen molar-refractivity contribution in [2.45, 2.75) is 27.2 Å². The van der Waals surface area contributed by atoms with Crippen LogP contribution in [-0.2, 0) is 9.53 Å². The van der Waals surface area contributed by atoms with E-state index in [2.05, 4.69) is 18.6 Å². The van der Waals surface area contributed by atoms with Crippen molar-refractivity contribution in [2.75, 3.05) is 7.11 Å². The van der Waals surface area contributed by atoms with Gasteiger partial charge in [0.15, 0.2) is 0 Å². The zero-order chi connectivity index (χ0) is 12.1. The molecule has 0 N–H and O–H groups in total. The summed E-state index contributed by atoms with van der Waals surface area (Å²) in [6, 6.07) is 9.44. The molecule has 0 heterocycles. The van der Waals surface area contributed by atoms with Crippen molar-refractivity contribution in [2.24, 2.45) is 0 Å². The fraction of sp³-hybridized carbons (Fsp3) is 0.417. The van der Waals surface area contributed by atoms with Gasteiger partial charge in [-0.15, -0.1) is 0 Å². The maximum absolute atomic E-state index is 9.59. The number of esters is 1. The first-order valence-electron chi connectivity index (χ1n) is 4.83. The third-order valence-corrected chi connectivity index (χ3v) is 1.27. The SMILES string of the molecule is CCC.COC(C)=O.Clc1ccccc1. The summed E-state index contributed by atoms with van der Waals surface area (Å²) in [7, 11) is 1.35. The Bertz CT molecular complexity index is 235. The first-order valence-corrected chi connectivity index (χ1v) is 5.21. The number of methoxy groups -OCH3 is 1. The molecule has 0 aromatic heterocycles. The van der Waals surface area contributed by atoms with Gasteiger partial charge in [-0.25, -0.2) is 0 Å². The molecule has 0 bridgehead atoms. The molecule has 1 rings (SSSR count). The molecule has 0 spiro atoms. The lowest BCUT2D eigenvalue weighted by Crippen LogP contribution is -1.88. The molecule has 0 atom stereocenters. The fourth-order valence-electron chi connectivity index (χ4n) is 0.415. The second-order valence-electron chi connectivity index (χ2n) is 2.70. The number of carbonyl (C=O) groups is 1. The lowest BCUT2D eigenvalue weighted by atomic mass is 10.4. The molecule has 2 nitrogen and oxygen atoms in total. The largest absolute Gasteiger partial charge is 0.469 e. The van der Waals surface area contributed by atoms with Crippen LogP contribution in [-0.4, -0.2) is 13.1 Å². The van der Waals surface area contributed by atoms with E-state index in [1.807, 2.05) is 30.3 Å². The number of benzene rings is 1. The second-order valence-corrected chi connectivity index (χ2v) is 3.13. The zero-order valence-electron chi connectivity index (χ0n) is 9.79. The Morgan fingerprint density at radius 2 is 1.60 bits per heavy atom. The topological polar surface area (TPSA) is 26.3 Å². The third kappa shape index (κ3) is 19.4. The molecule has 0 radical (unpaired) electrons. The van der Waals surface area contributed by atoms with Crippen LogP contribution in [0.25, 0.3) is 0 Å². The highest BCUT2D eigenvalue weighted by Gasteiger charge is 1.76. The van der Waals surface area contributed by atoms with Gasteiger partial charge in [0, 0.05) is 11.9 Å². The first-order chi connectivity index (χ1) is 7.08. The molecule has 3 heteroatoms. The molecule has 86 valence electrons. The molecule has 0 unspecified atom stereocenters. The van der Waals surface area contributed by atoms with E-state index in [1.165, 1.54) is 20.5 Å². The van der Waals surface area contributed by atoms with Gasteiger partial charge in [0.2, 0.25) is 0 Å². The lowest BCUT2D eigenvalue weighted by molar-refractivity contribution is -0.137. The van der Waals surface area contributed by atoms with Crippen LogP contribution in [0.3, 0.4) is 0 Å². The highest BCUT2D eigenvalue weighted by Crippen LogP contribution is 2.03. The van der Waals surface area contributed by atoms with Gasteiger partial charge in [0.05, 0.1) is 7.11 Å². The Morgan fingerprint density at radius 1 is 1.27 bits per heavy atom. The summed E-state index contributed by atoms with van der Waals surface area (Å²) in [5, 5.41) is 0.794. The standard InChI is InChI=1S/C6H5Cl.C3H6O2.C3H8/c7-6-4-2-1-3-5-6;1-3(4)5-2;1-3-2/h1-5H;1-2H3;3H2,1-2H3. The van der Waals surface area contributed by atoms with Crippen LogP contribution in [0, 0.1) is 0 Å². The van der Waals surface area contributed by atoms with E-state index < -0.39 is 0 Å². The second kappa shape index (κ2) is 13.0. The molecule has 0 amide bonds. The summed E-state index contributed by atoms with van der Waals surface area (Å²) in [5.41, 5.74) is 0. The van der Waals surface area contributed by atoms with Gasteiger partial charge in [-0.05, 0) is 12.1 Å². The molecule has 0 aliphatic heterocycles. The third-order valence-electron chi connectivity index (χ3n) is 1.02. The van der Waals surface area contributed by atoms with Crippen molar-refractivity contribution < 1.29 is 9.53 Å². The van der Waals surface area contributed by atoms with E-state index in [0.717, 1.165) is 5.02 Å². The van der Waals surface area contributed by atoms with E-state index >= 15 is 0 Å². The van der Waals surface area contributed by atoms with Gasteiger partial charge in [0.1, 0.15) is 0 Å². The maximum atomic E-state index is 9.59. The van der Waals surface area contributed by atoms with Crippen LogP contribution >= 0.6 is 11.6 Å². The van der Waals surface area contributed by atoms with Crippen LogP contribution in [0.5, 0.6) is 0 Å². The number of rotatable bonds is 0. The van der Waals surface area contributed by atoms with Crippen molar-refractivity contribution in [3.8, 4) is 0 Å². The van der Waals surface area contributed by atoms with E-state index in [0.29, 0.717) is 0 Å². The Labute approximate surface area is 97.2 Å². The Hall–Kier alpha value is -1.02. The van der Waals surface area contributed by atoms with E-state index in [4.69, 9.17) is 11.6 Å². The minimum atomic E-state index is -0.245. The monoisotopic (exact) mass is 230 g/mol. The van der Waals surface area contributed by atoms with Gasteiger partial charge in [-0.2, -0.15) is 0 Å². The van der Waals surface area contributed by atoms with Crippen LogP contribution in [0.4, 0.5) is 0 Å². The minimum absolute atomic E-state index is 0.245. The molecule has 15 heavy (non-hydrogen) atoms. The van der Waals surface area contributed by atoms with Crippen molar-refractivity contribution in [3.63, 3.8) is 0 Å². The molecule has 0 fully saturated rings. The summed E-state index contributed by atoms with van der Waals surface area (Å²) in [4.78, 5) is 9.59. The summed E-state index contributed by atoms with van der Waals surface area (Å²) in [6.45, 7) is 5.61. The zero-order valence-corrected chi connectivity index (χ0v) is 10.5. The Morgan fingerprint density at radius 3 is 1.73 bits per heavy atom. The molecule has 0 saturated heterocycles. The average molecular weight is 231 g/mol. The molecule has 0 saturated carbocycles. The summed E-state index contributed by atoms with van der Waals surface area (Å²) in [5.74, 6) is -0.245. The van der Waals surface area contributed by atoms with E-state index in [1.54, 1.807) is 0 Å². The van der Waals surface area contributed by atoms with Crippen molar-refractivity contribution in [1.29, 1.82) is 0 Å². The first kappa shape index (κ1) is 16.4. The van der Waals surface area contributed by atoms with E-state index in [9.17, 15) is 4.79 Å². The highest BCUT2D eigenvalue weighted by molar-refractivity contribution is 6.30. The van der Waals surface area contributed by atoms with Crippen molar-refractivity contribution in [1.82, 2.24) is 0 Å². The van der Waals surface area contributed by atoms with Gasteiger partial charge in [-0.3, -0.25) is 4.79 Å². The minimum Gasteiger partial charge on any atom is -0.469 e. The van der Waals surface area contributed by atoms with Gasteiger partial charge >= 0.3 is 5.97 Å². The maximum Gasteiger partial charge on any atom is 0.302 e. The van der Waals surface area contributed by atoms with E-state index in [-0.39, 0.29) is 5.97 Å². The van der Waals surface area contributed by atoms with Gasteiger partial charge in [-0.1, -0.05) is 50.1 Å². The molecule has 0 aliphatic carbocycles. The van der Waals surface area contributed by atoms with Gasteiger partial charge < -0.3 is 4.74 Å². The predicted octanol–water partition coefficient (Wildman–Crippen LogP) is 3.94. The van der Waals surface area contributed by atoms with Crippen LogP contribution in [0.15, 0.2) is 30.3 Å². The normalized spacial score (nSPS) is 7.53. The quantitative estimate of drug-likeness (QED) is 0.631. The van der Waals surface area contributed by atoms with Crippen LogP contribution in [0.2, 0.25) is 5.02 Å². The number of hydrogen-bond donors (Lipinski definition) is 0. The Balaban J connectivity index is 0. The molecular formula is C12H19ClO2. The van der Waals surface area contributed by atoms with Crippen LogP contribution in [0.1, 0.15) is 27.2 Å². The Kier molecular flexibility index (Phi) is 14.2. The molecular weight excluding hydrogens is 212 g/mol. The van der Waals surface area contributed by atoms with Gasteiger partial charge in [0.25, 0.3) is 0 Å². The smallest absolute Gasteiger partial charge is 0.302 e. The molecule has 1 aromatic carbocycles. The highest BCUT2D eigenvalue weighted by atomic mass is 35.5. The number of halogens is 1. The fourth-order valence-corrected chi connectivity index (χ4v) is 0.560. The predicted molar refractivity (Wildman–Crippen MR) is 65.1 cm³/mol. The average Bonchev–Trinajstić information content (AvgIpc) is 2.21. The number of hydrogen-bond acceptors (Lipinski definition) is 2. The number of carbonyl (C=O) groups excluding carboxylic acids is 1. The van der Waals surface area contributed by atoms with Crippen molar-refractivity contribution in [3.05, 3.63) is 35.4 Å². The number of ether oxygens (including phenoxy) is 1. The summed E-state index contributed by atoms with van der Waals surface area (Å²) >= 11 is 5.54. The summed E-state index contributed by atoms with van der Waals surface area (Å²) < 4.78 is 4.11.